The van der Waals surface area contributed by atoms with E-state index < -0.39 is 0 Å². The molecule has 0 aliphatic heterocycles. The fourth-order valence-electron chi connectivity index (χ4n) is 1.63. The van der Waals surface area contributed by atoms with Crippen molar-refractivity contribution < 1.29 is 9.26 Å². The van der Waals surface area contributed by atoms with Crippen LogP contribution in [0.15, 0.2) is 28.8 Å². The van der Waals surface area contributed by atoms with E-state index in [1.54, 1.807) is 7.11 Å². The topological polar surface area (TPSA) is 61.3 Å². The van der Waals surface area contributed by atoms with Crippen LogP contribution in [-0.4, -0.2) is 18.9 Å². The average molecular weight is 253 g/mol. The Morgan fingerprint density at radius 2 is 2.06 bits per heavy atom. The number of aromatic nitrogens is 1. The summed E-state index contributed by atoms with van der Waals surface area (Å²) in [6, 6.07) is 7.40. The van der Waals surface area contributed by atoms with Gasteiger partial charge in [0.2, 0.25) is 5.88 Å². The quantitative estimate of drug-likeness (QED) is 0.909. The zero-order valence-corrected chi connectivity index (χ0v) is 10.2. The van der Waals surface area contributed by atoms with E-state index in [1.165, 1.54) is 0 Å². The maximum absolute atomic E-state index is 5.85. The molecule has 0 bridgehead atoms. The van der Waals surface area contributed by atoms with E-state index in [2.05, 4.69) is 5.16 Å². The van der Waals surface area contributed by atoms with Crippen molar-refractivity contribution >= 4 is 17.5 Å². The monoisotopic (exact) mass is 252 g/mol. The number of hydrogen-bond acceptors (Lipinski definition) is 4. The lowest BCUT2D eigenvalue weighted by Gasteiger charge is -2.02. The number of hydrogen-bond donors (Lipinski definition) is 1. The minimum atomic E-state index is 0.318. The lowest BCUT2D eigenvalue weighted by atomic mass is 10.0. The van der Waals surface area contributed by atoms with Gasteiger partial charge in [0.05, 0.1) is 17.9 Å². The van der Waals surface area contributed by atoms with Crippen molar-refractivity contribution in [3.63, 3.8) is 0 Å². The summed E-state index contributed by atoms with van der Waals surface area (Å²) in [7, 11) is 1.64. The molecule has 0 spiro atoms. The molecule has 1 aromatic heterocycles. The Bertz CT molecular complexity index is 494. The van der Waals surface area contributed by atoms with Gasteiger partial charge in [0.1, 0.15) is 0 Å². The van der Waals surface area contributed by atoms with Crippen LogP contribution in [0.1, 0.15) is 5.69 Å². The number of halogens is 1. The Morgan fingerprint density at radius 1 is 1.35 bits per heavy atom. The Hall–Kier alpha value is -1.52. The van der Waals surface area contributed by atoms with Crippen molar-refractivity contribution in [3.05, 3.63) is 35.0 Å². The molecule has 0 radical (unpaired) electrons. The lowest BCUT2D eigenvalue weighted by molar-refractivity contribution is 0.200. The van der Waals surface area contributed by atoms with Crippen molar-refractivity contribution in [2.24, 2.45) is 0 Å². The molecule has 0 amide bonds. The first-order valence-electron chi connectivity index (χ1n) is 5.21. The van der Waals surface area contributed by atoms with Gasteiger partial charge in [-0.05, 0) is 17.7 Å². The molecule has 0 atom stereocenters. The smallest absolute Gasteiger partial charge is 0.230 e. The predicted octanol–water partition coefficient (Wildman–Crippen LogP) is 2.77. The molecule has 1 aromatic carbocycles. The minimum absolute atomic E-state index is 0.318. The fourth-order valence-corrected chi connectivity index (χ4v) is 1.76. The van der Waals surface area contributed by atoms with E-state index in [0.717, 1.165) is 16.8 Å². The summed E-state index contributed by atoms with van der Waals surface area (Å²) in [5.41, 5.74) is 8.34. The van der Waals surface area contributed by atoms with Crippen molar-refractivity contribution in [2.75, 3.05) is 19.5 Å². The summed E-state index contributed by atoms with van der Waals surface area (Å²) in [4.78, 5) is 0. The molecule has 0 saturated carbocycles. The third kappa shape index (κ3) is 2.60. The van der Waals surface area contributed by atoms with Crippen LogP contribution < -0.4 is 5.73 Å². The summed E-state index contributed by atoms with van der Waals surface area (Å²) < 4.78 is 10.0. The zero-order valence-electron chi connectivity index (χ0n) is 9.44. The molecule has 1 heterocycles. The second-order valence-corrected chi connectivity index (χ2v) is 4.05. The Kier molecular flexibility index (Phi) is 3.66. The molecule has 2 aromatic rings. The van der Waals surface area contributed by atoms with Crippen LogP contribution >= 0.6 is 11.6 Å². The van der Waals surface area contributed by atoms with E-state index in [0.29, 0.717) is 23.9 Å². The number of methoxy groups -OCH3 is 1. The van der Waals surface area contributed by atoms with E-state index >= 15 is 0 Å². The largest absolute Gasteiger partial charge is 0.384 e. The Labute approximate surface area is 104 Å². The van der Waals surface area contributed by atoms with Crippen molar-refractivity contribution in [3.8, 4) is 11.1 Å². The molecule has 90 valence electrons. The lowest BCUT2D eigenvalue weighted by Crippen LogP contribution is -1.97. The standard InChI is InChI=1S/C12H13ClN2O2/c1-16-7-6-10-11(12(14)17-15-10)8-2-4-9(13)5-3-8/h2-5H,6-7,14H2,1H3. The minimum Gasteiger partial charge on any atom is -0.384 e. The van der Waals surface area contributed by atoms with E-state index in [-0.39, 0.29) is 0 Å². The first-order valence-corrected chi connectivity index (χ1v) is 5.59. The molecule has 5 heteroatoms. The maximum Gasteiger partial charge on any atom is 0.230 e. The molecule has 4 nitrogen and oxygen atoms in total. The number of nitrogen functional groups attached to an aromatic ring is 1. The molecular weight excluding hydrogens is 240 g/mol. The van der Waals surface area contributed by atoms with Gasteiger partial charge in [-0.3, -0.25) is 0 Å². The van der Waals surface area contributed by atoms with Crippen LogP contribution in [0.5, 0.6) is 0 Å². The molecule has 0 unspecified atom stereocenters. The van der Waals surface area contributed by atoms with Crippen molar-refractivity contribution in [1.29, 1.82) is 0 Å². The molecular formula is C12H13ClN2O2. The number of ether oxygens (including phenoxy) is 1. The molecule has 0 saturated heterocycles. The van der Waals surface area contributed by atoms with Gasteiger partial charge in [-0.2, -0.15) is 0 Å². The van der Waals surface area contributed by atoms with Crippen LogP contribution in [0.25, 0.3) is 11.1 Å². The molecule has 0 aliphatic carbocycles. The second-order valence-electron chi connectivity index (χ2n) is 3.62. The summed E-state index contributed by atoms with van der Waals surface area (Å²) in [6.45, 7) is 0.576. The summed E-state index contributed by atoms with van der Waals surface area (Å²) in [6.07, 6.45) is 0.662. The molecule has 2 rings (SSSR count). The van der Waals surface area contributed by atoms with Gasteiger partial charge in [0.15, 0.2) is 0 Å². The third-order valence-electron chi connectivity index (χ3n) is 2.47. The van der Waals surface area contributed by atoms with Crippen LogP contribution in [0, 0.1) is 0 Å². The van der Waals surface area contributed by atoms with Gasteiger partial charge in [0, 0.05) is 18.6 Å². The third-order valence-corrected chi connectivity index (χ3v) is 2.72. The number of anilines is 1. The van der Waals surface area contributed by atoms with Crippen molar-refractivity contribution in [1.82, 2.24) is 5.16 Å². The Morgan fingerprint density at radius 3 is 2.71 bits per heavy atom. The number of rotatable bonds is 4. The highest BCUT2D eigenvalue weighted by Crippen LogP contribution is 2.30. The summed E-state index contributed by atoms with van der Waals surface area (Å²) >= 11 is 5.85. The van der Waals surface area contributed by atoms with Crippen molar-refractivity contribution in [2.45, 2.75) is 6.42 Å². The SMILES string of the molecule is COCCc1noc(N)c1-c1ccc(Cl)cc1. The average Bonchev–Trinajstić information content (AvgIpc) is 2.69. The highest BCUT2D eigenvalue weighted by molar-refractivity contribution is 6.30. The Balaban J connectivity index is 2.36. The van der Waals surface area contributed by atoms with Gasteiger partial charge >= 0.3 is 0 Å². The normalized spacial score (nSPS) is 10.7. The number of benzene rings is 1. The van der Waals surface area contributed by atoms with Gasteiger partial charge < -0.3 is 15.0 Å². The van der Waals surface area contributed by atoms with E-state index in [1.807, 2.05) is 24.3 Å². The molecule has 0 fully saturated rings. The van der Waals surface area contributed by atoms with E-state index in [9.17, 15) is 0 Å². The molecule has 2 N–H and O–H groups in total. The molecule has 17 heavy (non-hydrogen) atoms. The summed E-state index contributed by atoms with van der Waals surface area (Å²) in [5.74, 6) is 0.318. The zero-order chi connectivity index (χ0) is 12.3. The van der Waals surface area contributed by atoms with Crippen LogP contribution in [0.3, 0.4) is 0 Å². The number of nitrogens with zero attached hydrogens (tertiary/aromatic N) is 1. The molecule has 0 aliphatic rings. The highest BCUT2D eigenvalue weighted by atomic mass is 35.5. The first kappa shape index (κ1) is 12.0. The number of nitrogens with two attached hydrogens (primary N) is 1. The van der Waals surface area contributed by atoms with Crippen LogP contribution in [0.2, 0.25) is 5.02 Å². The highest BCUT2D eigenvalue weighted by Gasteiger charge is 2.15. The predicted molar refractivity (Wildman–Crippen MR) is 66.9 cm³/mol. The first-order chi connectivity index (χ1) is 8.22. The van der Waals surface area contributed by atoms with Gasteiger partial charge in [-0.25, -0.2) is 0 Å². The van der Waals surface area contributed by atoms with Crippen LogP contribution in [0.4, 0.5) is 5.88 Å². The maximum atomic E-state index is 5.85. The summed E-state index contributed by atoms with van der Waals surface area (Å²) in [5, 5.41) is 4.62. The second kappa shape index (κ2) is 5.21. The van der Waals surface area contributed by atoms with Crippen LogP contribution in [-0.2, 0) is 11.2 Å². The van der Waals surface area contributed by atoms with Gasteiger partial charge in [-0.1, -0.05) is 28.9 Å². The van der Waals surface area contributed by atoms with Gasteiger partial charge in [-0.15, -0.1) is 0 Å². The fraction of sp³-hybridized carbons (Fsp3) is 0.250. The van der Waals surface area contributed by atoms with E-state index in [4.69, 9.17) is 26.6 Å². The van der Waals surface area contributed by atoms with Gasteiger partial charge in [0.25, 0.3) is 0 Å².